The summed E-state index contributed by atoms with van der Waals surface area (Å²) in [6, 6.07) is 10.2. The van der Waals surface area contributed by atoms with Crippen LogP contribution in [0.3, 0.4) is 0 Å². The Labute approximate surface area is 162 Å². The molecule has 3 heterocycles. The highest BCUT2D eigenvalue weighted by Crippen LogP contribution is 2.31. The van der Waals surface area contributed by atoms with Crippen LogP contribution < -0.4 is 16.4 Å². The van der Waals surface area contributed by atoms with Gasteiger partial charge in [-0.3, -0.25) is 4.79 Å². The fourth-order valence-corrected chi connectivity index (χ4v) is 3.35. The molecule has 4 aromatic rings. The molecule has 0 spiro atoms. The highest BCUT2D eigenvalue weighted by Gasteiger charge is 2.15. The number of nitrogens with zero attached hydrogens (tertiary/aromatic N) is 3. The van der Waals surface area contributed by atoms with E-state index in [2.05, 4.69) is 31.7 Å². The number of carbonyl (C=O) groups is 1. The van der Waals surface area contributed by atoms with Crippen LogP contribution in [-0.2, 0) is 18.4 Å². The zero-order valence-electron chi connectivity index (χ0n) is 15.9. The van der Waals surface area contributed by atoms with Gasteiger partial charge in [0.25, 0.3) is 0 Å². The van der Waals surface area contributed by atoms with Crippen LogP contribution in [0.2, 0.25) is 0 Å². The van der Waals surface area contributed by atoms with E-state index in [0.29, 0.717) is 19.5 Å². The van der Waals surface area contributed by atoms with E-state index in [1.165, 1.54) is 0 Å². The first-order chi connectivity index (χ1) is 13.6. The minimum Gasteiger partial charge on any atom is -0.371 e. The number of anilines is 1. The molecule has 5 N–H and O–H groups in total. The number of rotatable bonds is 6. The number of hydrogen-bond donors (Lipinski definition) is 4. The van der Waals surface area contributed by atoms with Crippen molar-refractivity contribution in [1.29, 1.82) is 0 Å². The van der Waals surface area contributed by atoms with Crippen LogP contribution >= 0.6 is 0 Å². The third kappa shape index (κ3) is 3.18. The summed E-state index contributed by atoms with van der Waals surface area (Å²) in [6.07, 6.45) is 2.14. The molecule has 0 saturated carbocycles. The lowest BCUT2D eigenvalue weighted by Crippen LogP contribution is -2.24. The van der Waals surface area contributed by atoms with Gasteiger partial charge in [0.1, 0.15) is 11.2 Å². The summed E-state index contributed by atoms with van der Waals surface area (Å²) in [5, 5.41) is 7.01. The number of aromatic nitrogens is 4. The highest BCUT2D eigenvalue weighted by atomic mass is 16.1. The smallest absolute Gasteiger partial charge is 0.221 e. The molecule has 3 aromatic heterocycles. The minimum atomic E-state index is -0.0335. The van der Waals surface area contributed by atoms with Crippen molar-refractivity contribution >= 4 is 33.8 Å². The van der Waals surface area contributed by atoms with Crippen LogP contribution in [0.15, 0.2) is 36.7 Å². The minimum absolute atomic E-state index is 0.0335. The molecule has 0 fully saturated rings. The number of aromatic amines is 1. The normalized spacial score (nSPS) is 11.2. The monoisotopic (exact) mass is 377 g/mol. The van der Waals surface area contributed by atoms with Gasteiger partial charge in [-0.05, 0) is 17.2 Å². The Hall–Kier alpha value is -3.39. The van der Waals surface area contributed by atoms with E-state index in [0.717, 1.165) is 44.7 Å². The Morgan fingerprint density at radius 3 is 2.79 bits per heavy atom. The Morgan fingerprint density at radius 2 is 2.07 bits per heavy atom. The maximum Gasteiger partial charge on any atom is 0.221 e. The van der Waals surface area contributed by atoms with Gasteiger partial charge in [0, 0.05) is 44.7 Å². The third-order valence-corrected chi connectivity index (χ3v) is 4.80. The standard InChI is InChI=1S/C20H23N7O/c1-22-20-17-18(27(2)11-24-17)14-9-15(25-19(14)26-20)13-5-3-12(4-6-13)10-23-16(28)7-8-21/h3-6,9,11H,7-8,10,21H2,1-2H3,(H,23,28)(H2,22,25,26). The van der Waals surface area contributed by atoms with Gasteiger partial charge >= 0.3 is 0 Å². The second-order valence-corrected chi connectivity index (χ2v) is 6.72. The summed E-state index contributed by atoms with van der Waals surface area (Å²) in [5.74, 6) is 0.717. The topological polar surface area (TPSA) is 114 Å². The molecule has 0 aliphatic heterocycles. The second kappa shape index (κ2) is 7.32. The van der Waals surface area contributed by atoms with E-state index >= 15 is 0 Å². The van der Waals surface area contributed by atoms with Crippen LogP contribution in [0.4, 0.5) is 5.82 Å². The van der Waals surface area contributed by atoms with Gasteiger partial charge in [-0.1, -0.05) is 24.3 Å². The summed E-state index contributed by atoms with van der Waals surface area (Å²) in [4.78, 5) is 24.1. The average Bonchev–Trinajstić information content (AvgIpc) is 3.30. The molecule has 1 aromatic carbocycles. The van der Waals surface area contributed by atoms with Crippen molar-refractivity contribution in [1.82, 2.24) is 24.8 Å². The largest absolute Gasteiger partial charge is 0.371 e. The number of aryl methyl sites for hydroxylation is 1. The maximum absolute atomic E-state index is 11.6. The molecule has 0 bridgehead atoms. The third-order valence-electron chi connectivity index (χ3n) is 4.80. The van der Waals surface area contributed by atoms with Crippen molar-refractivity contribution in [2.24, 2.45) is 12.8 Å². The second-order valence-electron chi connectivity index (χ2n) is 6.72. The number of carbonyl (C=O) groups excluding carboxylic acids is 1. The predicted octanol–water partition coefficient (Wildman–Crippen LogP) is 2.12. The number of imidazole rings is 1. The van der Waals surface area contributed by atoms with Crippen LogP contribution in [0.5, 0.6) is 0 Å². The van der Waals surface area contributed by atoms with Crippen LogP contribution in [0.1, 0.15) is 12.0 Å². The Morgan fingerprint density at radius 1 is 1.29 bits per heavy atom. The van der Waals surface area contributed by atoms with Crippen LogP contribution in [-0.4, -0.2) is 39.0 Å². The first-order valence-corrected chi connectivity index (χ1v) is 9.18. The van der Waals surface area contributed by atoms with E-state index in [9.17, 15) is 4.79 Å². The number of amides is 1. The molecule has 144 valence electrons. The Bertz CT molecular complexity index is 1140. The van der Waals surface area contributed by atoms with Crippen molar-refractivity contribution in [3.8, 4) is 11.3 Å². The number of fused-ring (bicyclic) bond motifs is 3. The zero-order valence-corrected chi connectivity index (χ0v) is 15.9. The summed E-state index contributed by atoms with van der Waals surface area (Å²) >= 11 is 0. The number of H-pyrrole nitrogens is 1. The maximum atomic E-state index is 11.6. The van der Waals surface area contributed by atoms with Gasteiger partial charge in [0.15, 0.2) is 5.82 Å². The van der Waals surface area contributed by atoms with Crippen LogP contribution in [0.25, 0.3) is 33.3 Å². The van der Waals surface area contributed by atoms with Gasteiger partial charge < -0.3 is 25.9 Å². The van der Waals surface area contributed by atoms with Crippen LogP contribution in [0, 0.1) is 0 Å². The average molecular weight is 377 g/mol. The molecule has 0 saturated heterocycles. The summed E-state index contributed by atoms with van der Waals surface area (Å²) in [5.41, 5.74) is 11.2. The van der Waals surface area contributed by atoms with Gasteiger partial charge in [-0.25, -0.2) is 9.97 Å². The Kier molecular flexibility index (Phi) is 4.70. The van der Waals surface area contributed by atoms with Crippen molar-refractivity contribution in [2.45, 2.75) is 13.0 Å². The molecule has 1 amide bonds. The van der Waals surface area contributed by atoms with E-state index in [-0.39, 0.29) is 5.91 Å². The fraction of sp³-hybridized carbons (Fsp3) is 0.250. The van der Waals surface area contributed by atoms with Crippen molar-refractivity contribution in [3.05, 3.63) is 42.2 Å². The molecule has 0 aliphatic rings. The molecule has 0 atom stereocenters. The van der Waals surface area contributed by atoms with Gasteiger partial charge in [0.2, 0.25) is 5.91 Å². The van der Waals surface area contributed by atoms with E-state index < -0.39 is 0 Å². The van der Waals surface area contributed by atoms with E-state index in [1.54, 1.807) is 6.33 Å². The summed E-state index contributed by atoms with van der Waals surface area (Å²) in [6.45, 7) is 0.854. The molecular weight excluding hydrogens is 354 g/mol. The molecule has 0 radical (unpaired) electrons. The van der Waals surface area contributed by atoms with E-state index in [1.807, 2.05) is 42.9 Å². The van der Waals surface area contributed by atoms with Gasteiger partial charge in [-0.2, -0.15) is 0 Å². The molecule has 8 heteroatoms. The lowest BCUT2D eigenvalue weighted by atomic mass is 10.1. The molecular formula is C20H23N7O. The predicted molar refractivity (Wildman–Crippen MR) is 111 cm³/mol. The van der Waals surface area contributed by atoms with Crippen molar-refractivity contribution < 1.29 is 4.79 Å². The number of nitrogens with two attached hydrogens (primary N) is 1. The SMILES string of the molecule is CNc1nc2[nH]c(-c3ccc(CNC(=O)CCN)cc3)cc2c2c1ncn2C. The molecule has 0 unspecified atom stereocenters. The lowest BCUT2D eigenvalue weighted by molar-refractivity contribution is -0.121. The summed E-state index contributed by atoms with van der Waals surface area (Å²) in [7, 11) is 3.83. The van der Waals surface area contributed by atoms with E-state index in [4.69, 9.17) is 5.73 Å². The first kappa shape index (κ1) is 18.0. The quantitative estimate of drug-likeness (QED) is 0.411. The molecule has 8 nitrogen and oxygen atoms in total. The number of hydrogen-bond acceptors (Lipinski definition) is 5. The summed E-state index contributed by atoms with van der Waals surface area (Å²) < 4.78 is 2.00. The molecule has 28 heavy (non-hydrogen) atoms. The Balaban J connectivity index is 1.65. The number of nitrogens with one attached hydrogen (secondary N) is 3. The van der Waals surface area contributed by atoms with Crippen molar-refractivity contribution in [2.75, 3.05) is 18.9 Å². The van der Waals surface area contributed by atoms with Crippen molar-refractivity contribution in [3.63, 3.8) is 0 Å². The number of benzene rings is 1. The lowest BCUT2D eigenvalue weighted by Gasteiger charge is -2.05. The number of pyridine rings is 1. The first-order valence-electron chi connectivity index (χ1n) is 9.18. The van der Waals surface area contributed by atoms with Gasteiger partial charge in [0.05, 0.1) is 11.8 Å². The highest BCUT2D eigenvalue weighted by molar-refractivity contribution is 6.07. The van der Waals surface area contributed by atoms with Gasteiger partial charge in [-0.15, -0.1) is 0 Å². The fourth-order valence-electron chi connectivity index (χ4n) is 3.35. The molecule has 4 rings (SSSR count). The molecule has 0 aliphatic carbocycles. The zero-order chi connectivity index (χ0) is 19.7.